The molecule has 11 nitrogen and oxygen atoms in total. The lowest BCUT2D eigenvalue weighted by Gasteiger charge is -2.26. The zero-order valence-corrected chi connectivity index (χ0v) is 22.2. The van der Waals surface area contributed by atoms with E-state index in [2.05, 4.69) is 30.8 Å². The van der Waals surface area contributed by atoms with Crippen LogP contribution in [0.15, 0.2) is 54.9 Å². The van der Waals surface area contributed by atoms with E-state index in [1.807, 2.05) is 18.2 Å². The molecule has 2 aliphatic heterocycles. The molecule has 0 spiro atoms. The van der Waals surface area contributed by atoms with Crippen LogP contribution in [-0.4, -0.2) is 78.6 Å². The van der Waals surface area contributed by atoms with E-state index in [9.17, 15) is 14.4 Å². The number of aromatic nitrogens is 2. The average Bonchev–Trinajstić information content (AvgIpc) is 3.47. The molecule has 208 valence electrons. The van der Waals surface area contributed by atoms with E-state index >= 15 is 0 Å². The minimum Gasteiger partial charge on any atom is -0.493 e. The van der Waals surface area contributed by atoms with Gasteiger partial charge in [0, 0.05) is 57.3 Å². The smallest absolute Gasteiger partial charge is 0.270 e. The van der Waals surface area contributed by atoms with Crippen molar-refractivity contribution in [2.75, 3.05) is 46.0 Å². The molecule has 0 saturated carbocycles. The Labute approximate surface area is 232 Å². The number of hydrogen-bond donors (Lipinski definition) is 3. The number of rotatable bonds is 10. The Morgan fingerprint density at radius 1 is 0.775 bits per heavy atom. The van der Waals surface area contributed by atoms with Crippen molar-refractivity contribution in [1.29, 1.82) is 0 Å². The van der Waals surface area contributed by atoms with E-state index in [0.29, 0.717) is 25.3 Å². The number of hydrogen-bond acceptors (Lipinski definition) is 8. The van der Waals surface area contributed by atoms with Gasteiger partial charge in [0.1, 0.15) is 23.5 Å². The van der Waals surface area contributed by atoms with Gasteiger partial charge in [-0.15, -0.1) is 0 Å². The second kappa shape index (κ2) is 13.1. The van der Waals surface area contributed by atoms with Gasteiger partial charge in [0.15, 0.2) is 0 Å². The number of nitrogens with one attached hydrogen (secondary N) is 3. The lowest BCUT2D eigenvalue weighted by atomic mass is 10.1. The van der Waals surface area contributed by atoms with Gasteiger partial charge in [-0.05, 0) is 34.9 Å². The Kier molecular flexibility index (Phi) is 8.94. The van der Waals surface area contributed by atoms with Crippen LogP contribution < -0.4 is 20.7 Å². The van der Waals surface area contributed by atoms with Crippen LogP contribution in [-0.2, 0) is 24.2 Å². The van der Waals surface area contributed by atoms with E-state index in [1.54, 1.807) is 24.3 Å². The number of carbonyl (C=O) groups is 3. The Bertz CT molecular complexity index is 1360. The maximum atomic E-state index is 12.7. The Morgan fingerprint density at radius 2 is 1.45 bits per heavy atom. The van der Waals surface area contributed by atoms with Crippen molar-refractivity contribution in [3.8, 4) is 5.75 Å². The zero-order valence-electron chi connectivity index (χ0n) is 22.2. The highest BCUT2D eigenvalue weighted by atomic mass is 16.5. The number of benzene rings is 2. The molecule has 3 N–H and O–H groups in total. The SMILES string of the molecule is O=C(NCCN1CCOCC1)c1ccc(CNC(=O)c2cc(C(=O)NCc3ccc4c(c3)CCO4)ncn2)cc1. The molecule has 1 fully saturated rings. The van der Waals surface area contributed by atoms with Crippen molar-refractivity contribution in [2.24, 2.45) is 0 Å². The van der Waals surface area contributed by atoms with Gasteiger partial charge < -0.3 is 25.4 Å². The fourth-order valence-corrected chi connectivity index (χ4v) is 4.53. The Morgan fingerprint density at radius 3 is 2.17 bits per heavy atom. The van der Waals surface area contributed by atoms with Gasteiger partial charge in [0.05, 0.1) is 19.8 Å². The van der Waals surface area contributed by atoms with Crippen LogP contribution in [0.25, 0.3) is 0 Å². The number of morpholine rings is 1. The highest BCUT2D eigenvalue weighted by Crippen LogP contribution is 2.25. The van der Waals surface area contributed by atoms with Crippen LogP contribution in [0, 0.1) is 0 Å². The zero-order chi connectivity index (χ0) is 27.7. The summed E-state index contributed by atoms with van der Waals surface area (Å²) in [6, 6.07) is 14.3. The van der Waals surface area contributed by atoms with Crippen LogP contribution >= 0.6 is 0 Å². The molecule has 5 rings (SSSR count). The predicted molar refractivity (Wildman–Crippen MR) is 146 cm³/mol. The quantitative estimate of drug-likeness (QED) is 0.348. The van der Waals surface area contributed by atoms with Crippen molar-refractivity contribution in [3.05, 3.63) is 88.5 Å². The molecule has 2 aliphatic rings. The van der Waals surface area contributed by atoms with Gasteiger partial charge in [-0.3, -0.25) is 19.3 Å². The third-order valence-corrected chi connectivity index (χ3v) is 6.83. The summed E-state index contributed by atoms with van der Waals surface area (Å²) in [7, 11) is 0. The summed E-state index contributed by atoms with van der Waals surface area (Å²) >= 11 is 0. The van der Waals surface area contributed by atoms with Crippen molar-refractivity contribution in [1.82, 2.24) is 30.8 Å². The molecule has 3 aromatic rings. The van der Waals surface area contributed by atoms with Gasteiger partial charge in [-0.2, -0.15) is 0 Å². The van der Waals surface area contributed by atoms with Gasteiger partial charge in [0.2, 0.25) is 0 Å². The molecule has 0 atom stereocenters. The highest BCUT2D eigenvalue weighted by molar-refractivity contribution is 5.97. The van der Waals surface area contributed by atoms with Gasteiger partial charge in [0.25, 0.3) is 17.7 Å². The van der Waals surface area contributed by atoms with E-state index < -0.39 is 11.8 Å². The van der Waals surface area contributed by atoms with E-state index in [1.165, 1.54) is 12.4 Å². The molecule has 0 radical (unpaired) electrons. The molecule has 0 bridgehead atoms. The van der Waals surface area contributed by atoms with E-state index in [-0.39, 0.29) is 23.8 Å². The van der Waals surface area contributed by atoms with Crippen LogP contribution in [0.5, 0.6) is 5.75 Å². The fourth-order valence-electron chi connectivity index (χ4n) is 4.53. The van der Waals surface area contributed by atoms with Crippen molar-refractivity contribution < 1.29 is 23.9 Å². The first-order valence-electron chi connectivity index (χ1n) is 13.4. The van der Waals surface area contributed by atoms with Crippen molar-refractivity contribution in [2.45, 2.75) is 19.5 Å². The molecule has 40 heavy (non-hydrogen) atoms. The van der Waals surface area contributed by atoms with Crippen LogP contribution in [0.3, 0.4) is 0 Å². The molecular formula is C29H32N6O5. The summed E-state index contributed by atoms with van der Waals surface area (Å²) in [5.41, 5.74) is 3.66. The monoisotopic (exact) mass is 544 g/mol. The number of fused-ring (bicyclic) bond motifs is 1. The molecule has 0 unspecified atom stereocenters. The first kappa shape index (κ1) is 27.2. The lowest BCUT2D eigenvalue weighted by molar-refractivity contribution is 0.0383. The number of nitrogens with zero attached hydrogens (tertiary/aromatic N) is 3. The third kappa shape index (κ3) is 7.19. The van der Waals surface area contributed by atoms with Crippen molar-refractivity contribution in [3.63, 3.8) is 0 Å². The molecule has 1 saturated heterocycles. The predicted octanol–water partition coefficient (Wildman–Crippen LogP) is 1.33. The molecule has 11 heteroatoms. The van der Waals surface area contributed by atoms with Crippen molar-refractivity contribution >= 4 is 17.7 Å². The lowest BCUT2D eigenvalue weighted by Crippen LogP contribution is -2.41. The second-order valence-electron chi connectivity index (χ2n) is 9.60. The second-order valence-corrected chi connectivity index (χ2v) is 9.60. The third-order valence-electron chi connectivity index (χ3n) is 6.83. The summed E-state index contributed by atoms with van der Waals surface area (Å²) in [5, 5.41) is 8.56. The van der Waals surface area contributed by atoms with Crippen LogP contribution in [0.4, 0.5) is 0 Å². The summed E-state index contributed by atoms with van der Waals surface area (Å²) in [4.78, 5) is 48.0. The number of amides is 3. The summed E-state index contributed by atoms with van der Waals surface area (Å²) in [6.07, 6.45) is 2.06. The largest absolute Gasteiger partial charge is 0.493 e. The molecular weight excluding hydrogens is 512 g/mol. The minimum absolute atomic E-state index is 0.0890. The molecule has 1 aromatic heterocycles. The van der Waals surface area contributed by atoms with Gasteiger partial charge >= 0.3 is 0 Å². The Hall–Kier alpha value is -4.35. The Balaban J connectivity index is 1.07. The molecule has 3 heterocycles. The maximum Gasteiger partial charge on any atom is 0.270 e. The topological polar surface area (TPSA) is 135 Å². The molecule has 3 amide bonds. The van der Waals surface area contributed by atoms with Gasteiger partial charge in [-0.1, -0.05) is 24.3 Å². The fraction of sp³-hybridized carbons (Fsp3) is 0.345. The standard InChI is InChI=1S/C29H32N6O5/c36-27(30-8-9-35-10-13-39-14-11-35)22-4-1-20(2-5-22)17-31-28(37)24-16-25(34-19-33-24)29(38)32-18-21-3-6-26-23(15-21)7-12-40-26/h1-6,15-16,19H,7-14,17-18H2,(H,30,36)(H,31,37)(H,32,38). The highest BCUT2D eigenvalue weighted by Gasteiger charge is 2.16. The van der Waals surface area contributed by atoms with E-state index in [4.69, 9.17) is 9.47 Å². The average molecular weight is 545 g/mol. The first-order valence-corrected chi connectivity index (χ1v) is 13.4. The normalized spacial score (nSPS) is 14.6. The van der Waals surface area contributed by atoms with Gasteiger partial charge in [-0.25, -0.2) is 9.97 Å². The summed E-state index contributed by atoms with van der Waals surface area (Å²) < 4.78 is 10.8. The minimum atomic E-state index is -0.431. The maximum absolute atomic E-state index is 12.7. The summed E-state index contributed by atoms with van der Waals surface area (Å²) in [6.45, 7) is 5.83. The van der Waals surface area contributed by atoms with Crippen LogP contribution in [0.2, 0.25) is 0 Å². The molecule has 0 aliphatic carbocycles. The first-order chi connectivity index (χ1) is 19.5. The molecule has 2 aromatic carbocycles. The van der Waals surface area contributed by atoms with E-state index in [0.717, 1.165) is 61.7 Å². The number of ether oxygens (including phenoxy) is 2. The van der Waals surface area contributed by atoms with Crippen LogP contribution in [0.1, 0.15) is 48.0 Å². The number of carbonyl (C=O) groups excluding carboxylic acids is 3. The summed E-state index contributed by atoms with van der Waals surface area (Å²) in [5.74, 6) is -0.0778.